The summed E-state index contributed by atoms with van der Waals surface area (Å²) in [7, 11) is 0. The fraction of sp³-hybridized carbons (Fsp3) is 0.625. The molecule has 2 rings (SSSR count). The first-order chi connectivity index (χ1) is 8.27. The average Bonchev–Trinajstić information content (AvgIpc) is 2.34. The van der Waals surface area contributed by atoms with Crippen molar-refractivity contribution in [3.05, 3.63) is 35.9 Å². The molecule has 17 heavy (non-hydrogen) atoms. The highest BCUT2D eigenvalue weighted by Crippen LogP contribution is 2.28. The summed E-state index contributed by atoms with van der Waals surface area (Å²) in [6, 6.07) is 11.5. The Morgan fingerprint density at radius 2 is 1.71 bits per heavy atom. The van der Waals surface area contributed by atoms with Crippen LogP contribution in [-0.4, -0.2) is 12.6 Å². The lowest BCUT2D eigenvalue weighted by Crippen LogP contribution is -2.43. The molecule has 1 nitrogen and oxygen atoms in total. The summed E-state index contributed by atoms with van der Waals surface area (Å²) in [5.74, 6) is 1.68. The van der Waals surface area contributed by atoms with E-state index in [-0.39, 0.29) is 0 Å². The van der Waals surface area contributed by atoms with Crippen LogP contribution in [0.15, 0.2) is 30.3 Å². The van der Waals surface area contributed by atoms with E-state index in [0.717, 1.165) is 30.8 Å². The first kappa shape index (κ1) is 12.6. The molecule has 1 N–H and O–H groups in total. The molecule has 1 fully saturated rings. The molecule has 1 saturated carbocycles. The fourth-order valence-electron chi connectivity index (χ4n) is 3.11. The zero-order chi connectivity index (χ0) is 12.1. The van der Waals surface area contributed by atoms with Gasteiger partial charge >= 0.3 is 0 Å². The van der Waals surface area contributed by atoms with Gasteiger partial charge in [0.2, 0.25) is 0 Å². The Hall–Kier alpha value is -0.820. The van der Waals surface area contributed by atoms with E-state index >= 15 is 0 Å². The predicted molar refractivity (Wildman–Crippen MR) is 74.1 cm³/mol. The normalized spacial score (nSPS) is 29.2. The number of rotatable bonds is 4. The maximum Gasteiger partial charge on any atom is 0.0118 e. The average molecular weight is 231 g/mol. The van der Waals surface area contributed by atoms with Crippen molar-refractivity contribution in [3.63, 3.8) is 0 Å². The van der Waals surface area contributed by atoms with E-state index in [0.29, 0.717) is 0 Å². The molecule has 0 amide bonds. The molecular weight excluding hydrogens is 206 g/mol. The topological polar surface area (TPSA) is 12.0 Å². The second-order valence-corrected chi connectivity index (χ2v) is 5.60. The van der Waals surface area contributed by atoms with Crippen LogP contribution in [-0.2, 0) is 6.42 Å². The van der Waals surface area contributed by atoms with Gasteiger partial charge < -0.3 is 5.32 Å². The number of benzene rings is 1. The van der Waals surface area contributed by atoms with E-state index in [1.807, 2.05) is 0 Å². The third-order valence-electron chi connectivity index (χ3n) is 4.18. The number of nitrogens with one attached hydrogen (secondary N) is 1. The molecule has 0 heterocycles. The zero-order valence-corrected chi connectivity index (χ0v) is 11.2. The summed E-state index contributed by atoms with van der Waals surface area (Å²) in [6.45, 7) is 5.91. The Kier molecular flexibility index (Phi) is 4.61. The fourth-order valence-corrected chi connectivity index (χ4v) is 3.11. The summed E-state index contributed by atoms with van der Waals surface area (Å²) in [4.78, 5) is 0. The van der Waals surface area contributed by atoms with Crippen molar-refractivity contribution < 1.29 is 0 Å². The maximum atomic E-state index is 3.77. The molecule has 1 aromatic rings. The largest absolute Gasteiger partial charge is 0.313 e. The molecule has 1 heteroatoms. The van der Waals surface area contributed by atoms with Gasteiger partial charge in [0.25, 0.3) is 0 Å². The molecule has 0 saturated heterocycles. The van der Waals surface area contributed by atoms with Crippen LogP contribution in [0.1, 0.15) is 38.7 Å². The summed E-state index contributed by atoms with van der Waals surface area (Å²) in [6.07, 6.45) is 5.36. The molecule has 0 bridgehead atoms. The molecule has 2 unspecified atom stereocenters. The second kappa shape index (κ2) is 6.20. The lowest BCUT2D eigenvalue weighted by Gasteiger charge is -2.35. The van der Waals surface area contributed by atoms with Crippen LogP contribution < -0.4 is 5.32 Å². The molecule has 94 valence electrons. The van der Waals surface area contributed by atoms with Crippen LogP contribution in [0, 0.1) is 11.8 Å². The predicted octanol–water partition coefficient (Wildman–Crippen LogP) is 3.64. The lowest BCUT2D eigenvalue weighted by atomic mass is 9.78. The van der Waals surface area contributed by atoms with E-state index in [1.165, 1.54) is 24.8 Å². The highest BCUT2D eigenvalue weighted by molar-refractivity contribution is 5.14. The van der Waals surface area contributed by atoms with Gasteiger partial charge in [-0.05, 0) is 43.2 Å². The quantitative estimate of drug-likeness (QED) is 0.834. The van der Waals surface area contributed by atoms with Gasteiger partial charge in [0, 0.05) is 6.04 Å². The zero-order valence-electron chi connectivity index (χ0n) is 11.2. The minimum Gasteiger partial charge on any atom is -0.313 e. The van der Waals surface area contributed by atoms with Gasteiger partial charge in [-0.15, -0.1) is 0 Å². The summed E-state index contributed by atoms with van der Waals surface area (Å²) >= 11 is 0. The third kappa shape index (κ3) is 3.57. The van der Waals surface area contributed by atoms with Crippen molar-refractivity contribution in [3.8, 4) is 0 Å². The molecule has 0 aromatic heterocycles. The van der Waals surface area contributed by atoms with Crippen LogP contribution in [0.25, 0.3) is 0 Å². The second-order valence-electron chi connectivity index (χ2n) is 5.60. The van der Waals surface area contributed by atoms with Crippen molar-refractivity contribution >= 4 is 0 Å². The smallest absolute Gasteiger partial charge is 0.0118 e. The van der Waals surface area contributed by atoms with Crippen molar-refractivity contribution in [1.82, 2.24) is 5.32 Å². The van der Waals surface area contributed by atoms with Crippen LogP contribution in [0.2, 0.25) is 0 Å². The van der Waals surface area contributed by atoms with E-state index in [2.05, 4.69) is 49.5 Å². The number of hydrogen-bond donors (Lipinski definition) is 1. The Labute approximate surface area is 106 Å². The Balaban J connectivity index is 1.77. The SMILES string of the molecule is CC1CCCC(C)C1NCCc1ccccc1. The Morgan fingerprint density at radius 3 is 2.35 bits per heavy atom. The Bertz CT molecular complexity index is 310. The number of hydrogen-bond acceptors (Lipinski definition) is 1. The minimum atomic E-state index is 0.729. The third-order valence-corrected chi connectivity index (χ3v) is 4.18. The Morgan fingerprint density at radius 1 is 1.06 bits per heavy atom. The van der Waals surface area contributed by atoms with Gasteiger partial charge in [-0.1, -0.05) is 50.6 Å². The minimum absolute atomic E-state index is 0.729. The van der Waals surface area contributed by atoms with Gasteiger partial charge in [0.1, 0.15) is 0 Å². The highest BCUT2D eigenvalue weighted by Gasteiger charge is 2.26. The molecule has 0 spiro atoms. The van der Waals surface area contributed by atoms with Crippen molar-refractivity contribution in [1.29, 1.82) is 0 Å². The summed E-state index contributed by atoms with van der Waals surface area (Å²) in [5.41, 5.74) is 1.44. The summed E-state index contributed by atoms with van der Waals surface area (Å²) < 4.78 is 0. The van der Waals surface area contributed by atoms with Gasteiger partial charge in [-0.2, -0.15) is 0 Å². The standard InChI is InChI=1S/C16H25N/c1-13-7-6-8-14(2)16(13)17-12-11-15-9-4-3-5-10-15/h3-5,9-10,13-14,16-17H,6-8,11-12H2,1-2H3. The molecule has 1 aliphatic rings. The molecule has 2 atom stereocenters. The van der Waals surface area contributed by atoms with Gasteiger partial charge in [0.05, 0.1) is 0 Å². The van der Waals surface area contributed by atoms with Crippen LogP contribution in [0.3, 0.4) is 0 Å². The van der Waals surface area contributed by atoms with E-state index < -0.39 is 0 Å². The van der Waals surface area contributed by atoms with E-state index in [4.69, 9.17) is 0 Å². The molecular formula is C16H25N. The van der Waals surface area contributed by atoms with E-state index in [9.17, 15) is 0 Å². The monoisotopic (exact) mass is 231 g/mol. The lowest BCUT2D eigenvalue weighted by molar-refractivity contribution is 0.210. The van der Waals surface area contributed by atoms with Crippen LogP contribution in [0.5, 0.6) is 0 Å². The van der Waals surface area contributed by atoms with Gasteiger partial charge in [-0.25, -0.2) is 0 Å². The molecule has 0 radical (unpaired) electrons. The van der Waals surface area contributed by atoms with Crippen molar-refractivity contribution in [2.75, 3.05) is 6.54 Å². The maximum absolute atomic E-state index is 3.77. The van der Waals surface area contributed by atoms with Gasteiger partial charge in [-0.3, -0.25) is 0 Å². The van der Waals surface area contributed by atoms with Crippen molar-refractivity contribution in [2.24, 2.45) is 11.8 Å². The van der Waals surface area contributed by atoms with Gasteiger partial charge in [0.15, 0.2) is 0 Å². The van der Waals surface area contributed by atoms with Crippen LogP contribution in [0.4, 0.5) is 0 Å². The molecule has 1 aromatic carbocycles. The molecule has 0 aliphatic heterocycles. The van der Waals surface area contributed by atoms with E-state index in [1.54, 1.807) is 0 Å². The van der Waals surface area contributed by atoms with Crippen molar-refractivity contribution in [2.45, 2.75) is 45.6 Å². The molecule has 1 aliphatic carbocycles. The van der Waals surface area contributed by atoms with Crippen LogP contribution >= 0.6 is 0 Å². The highest BCUT2D eigenvalue weighted by atomic mass is 14.9. The first-order valence-electron chi connectivity index (χ1n) is 7.04. The summed E-state index contributed by atoms with van der Waals surface area (Å²) in [5, 5.41) is 3.77. The first-order valence-corrected chi connectivity index (χ1v) is 7.04.